The van der Waals surface area contributed by atoms with E-state index in [1.54, 1.807) is 0 Å². The maximum atomic E-state index is 5.44. The van der Waals surface area contributed by atoms with Crippen LogP contribution in [0.3, 0.4) is 0 Å². The van der Waals surface area contributed by atoms with Gasteiger partial charge < -0.3 is 4.74 Å². The van der Waals surface area contributed by atoms with Crippen molar-refractivity contribution in [1.29, 1.82) is 0 Å². The third-order valence-electron chi connectivity index (χ3n) is 2.38. The van der Waals surface area contributed by atoms with Crippen molar-refractivity contribution < 1.29 is 4.74 Å². The SMILES string of the molecule is SCCCc1ccc2c(c1)CCO2. The minimum Gasteiger partial charge on any atom is -0.493 e. The zero-order chi connectivity index (χ0) is 9.10. The van der Waals surface area contributed by atoms with Crippen LogP contribution in [0.15, 0.2) is 18.2 Å². The lowest BCUT2D eigenvalue weighted by Gasteiger charge is -2.02. The molecule has 1 aliphatic heterocycles. The average Bonchev–Trinajstić information content (AvgIpc) is 2.61. The quantitative estimate of drug-likeness (QED) is 0.727. The predicted molar refractivity (Wildman–Crippen MR) is 57.8 cm³/mol. The molecule has 1 aliphatic rings. The molecule has 0 amide bonds. The fraction of sp³-hybridized carbons (Fsp3) is 0.455. The third-order valence-corrected chi connectivity index (χ3v) is 2.69. The summed E-state index contributed by atoms with van der Waals surface area (Å²) in [5, 5.41) is 0. The van der Waals surface area contributed by atoms with Gasteiger partial charge in [0.25, 0.3) is 0 Å². The summed E-state index contributed by atoms with van der Waals surface area (Å²) < 4.78 is 5.44. The number of rotatable bonds is 3. The molecule has 1 nitrogen and oxygen atoms in total. The van der Waals surface area contributed by atoms with E-state index < -0.39 is 0 Å². The molecule has 0 unspecified atom stereocenters. The molecule has 1 aromatic carbocycles. The van der Waals surface area contributed by atoms with E-state index in [4.69, 9.17) is 4.74 Å². The van der Waals surface area contributed by atoms with Crippen LogP contribution in [0.2, 0.25) is 0 Å². The summed E-state index contributed by atoms with van der Waals surface area (Å²) in [4.78, 5) is 0. The van der Waals surface area contributed by atoms with Crippen molar-refractivity contribution in [3.63, 3.8) is 0 Å². The van der Waals surface area contributed by atoms with E-state index in [9.17, 15) is 0 Å². The van der Waals surface area contributed by atoms with Crippen LogP contribution in [0.1, 0.15) is 17.5 Å². The van der Waals surface area contributed by atoms with Gasteiger partial charge in [0, 0.05) is 6.42 Å². The number of fused-ring (bicyclic) bond motifs is 1. The summed E-state index contributed by atoms with van der Waals surface area (Å²) in [7, 11) is 0. The first-order valence-corrected chi connectivity index (χ1v) is 5.39. The molecule has 2 heteroatoms. The van der Waals surface area contributed by atoms with E-state index in [1.165, 1.54) is 11.1 Å². The maximum Gasteiger partial charge on any atom is 0.122 e. The van der Waals surface area contributed by atoms with Crippen LogP contribution in [-0.4, -0.2) is 12.4 Å². The Kier molecular flexibility index (Phi) is 2.79. The first-order valence-electron chi connectivity index (χ1n) is 4.75. The number of thiol groups is 1. The molecular weight excluding hydrogens is 180 g/mol. The summed E-state index contributed by atoms with van der Waals surface area (Å²) in [6.07, 6.45) is 3.36. The van der Waals surface area contributed by atoms with Gasteiger partial charge in [-0.2, -0.15) is 12.6 Å². The predicted octanol–water partition coefficient (Wildman–Crippen LogP) is 2.48. The highest BCUT2D eigenvalue weighted by atomic mass is 32.1. The summed E-state index contributed by atoms with van der Waals surface area (Å²) in [5.41, 5.74) is 2.79. The van der Waals surface area contributed by atoms with Crippen LogP contribution in [0.5, 0.6) is 5.75 Å². The Balaban J connectivity index is 2.12. The fourth-order valence-corrected chi connectivity index (χ4v) is 1.84. The molecule has 0 saturated heterocycles. The van der Waals surface area contributed by atoms with Crippen LogP contribution < -0.4 is 4.74 Å². The number of hydrogen-bond acceptors (Lipinski definition) is 2. The molecule has 0 aromatic heterocycles. The highest BCUT2D eigenvalue weighted by Crippen LogP contribution is 2.26. The van der Waals surface area contributed by atoms with Gasteiger partial charge in [0.2, 0.25) is 0 Å². The number of aryl methyl sites for hydroxylation is 1. The Morgan fingerprint density at radius 2 is 2.31 bits per heavy atom. The molecular formula is C11H14OS. The molecule has 0 fully saturated rings. The van der Waals surface area contributed by atoms with Crippen molar-refractivity contribution in [2.24, 2.45) is 0 Å². The molecule has 0 saturated carbocycles. The van der Waals surface area contributed by atoms with Gasteiger partial charge in [-0.3, -0.25) is 0 Å². The standard InChI is InChI=1S/C11H14OS/c13-7-1-2-9-3-4-11-10(8-9)5-6-12-11/h3-4,8,13H,1-2,5-7H2. The molecule has 0 aliphatic carbocycles. The zero-order valence-corrected chi connectivity index (χ0v) is 8.52. The van der Waals surface area contributed by atoms with Crippen LogP contribution in [-0.2, 0) is 12.8 Å². The minimum atomic E-state index is 0.853. The van der Waals surface area contributed by atoms with Crippen molar-refractivity contribution in [3.05, 3.63) is 29.3 Å². The topological polar surface area (TPSA) is 9.23 Å². The summed E-state index contributed by atoms with van der Waals surface area (Å²) in [6.45, 7) is 0.853. The Hall–Kier alpha value is -0.630. The van der Waals surface area contributed by atoms with Crippen molar-refractivity contribution in [2.75, 3.05) is 12.4 Å². The molecule has 0 radical (unpaired) electrons. The molecule has 13 heavy (non-hydrogen) atoms. The summed E-state index contributed by atoms with van der Waals surface area (Å²) in [5.74, 6) is 2.04. The average molecular weight is 194 g/mol. The van der Waals surface area contributed by atoms with E-state index in [0.717, 1.165) is 37.4 Å². The van der Waals surface area contributed by atoms with Crippen molar-refractivity contribution >= 4 is 12.6 Å². The molecule has 0 atom stereocenters. The van der Waals surface area contributed by atoms with Crippen LogP contribution in [0.25, 0.3) is 0 Å². The van der Waals surface area contributed by atoms with Gasteiger partial charge in [0.1, 0.15) is 5.75 Å². The van der Waals surface area contributed by atoms with Gasteiger partial charge in [0.05, 0.1) is 6.61 Å². The summed E-state index contributed by atoms with van der Waals surface area (Å²) in [6, 6.07) is 6.52. The molecule has 0 spiro atoms. The lowest BCUT2D eigenvalue weighted by atomic mass is 10.1. The smallest absolute Gasteiger partial charge is 0.122 e. The highest BCUT2D eigenvalue weighted by Gasteiger charge is 2.11. The van der Waals surface area contributed by atoms with E-state index >= 15 is 0 Å². The van der Waals surface area contributed by atoms with Gasteiger partial charge in [-0.1, -0.05) is 12.1 Å². The summed E-state index contributed by atoms with van der Waals surface area (Å²) >= 11 is 4.21. The van der Waals surface area contributed by atoms with Crippen LogP contribution >= 0.6 is 12.6 Å². The van der Waals surface area contributed by atoms with Gasteiger partial charge in [0.15, 0.2) is 0 Å². The van der Waals surface area contributed by atoms with Crippen molar-refractivity contribution in [3.8, 4) is 5.75 Å². The second-order valence-corrected chi connectivity index (χ2v) is 3.81. The zero-order valence-electron chi connectivity index (χ0n) is 7.62. The Bertz CT molecular complexity index is 296. The van der Waals surface area contributed by atoms with Crippen molar-refractivity contribution in [1.82, 2.24) is 0 Å². The lowest BCUT2D eigenvalue weighted by Crippen LogP contribution is -1.87. The second kappa shape index (κ2) is 4.05. The number of benzene rings is 1. The van der Waals surface area contributed by atoms with E-state index in [2.05, 4.69) is 30.8 Å². The molecule has 1 aromatic rings. The van der Waals surface area contributed by atoms with Crippen LogP contribution in [0.4, 0.5) is 0 Å². The fourth-order valence-electron chi connectivity index (χ4n) is 1.68. The number of ether oxygens (including phenoxy) is 1. The highest BCUT2D eigenvalue weighted by molar-refractivity contribution is 7.80. The second-order valence-electron chi connectivity index (χ2n) is 3.37. The van der Waals surface area contributed by atoms with E-state index in [1.807, 2.05) is 0 Å². The molecule has 1 heterocycles. The van der Waals surface area contributed by atoms with Gasteiger partial charge in [-0.15, -0.1) is 0 Å². The maximum absolute atomic E-state index is 5.44. The first-order chi connectivity index (χ1) is 6.40. The molecule has 70 valence electrons. The first kappa shape index (κ1) is 8.95. The van der Waals surface area contributed by atoms with Crippen molar-refractivity contribution in [2.45, 2.75) is 19.3 Å². The largest absolute Gasteiger partial charge is 0.493 e. The van der Waals surface area contributed by atoms with Crippen LogP contribution in [0, 0.1) is 0 Å². The lowest BCUT2D eigenvalue weighted by molar-refractivity contribution is 0.357. The molecule has 0 bridgehead atoms. The van der Waals surface area contributed by atoms with Gasteiger partial charge in [-0.25, -0.2) is 0 Å². The van der Waals surface area contributed by atoms with E-state index in [0.29, 0.717) is 0 Å². The molecule has 2 rings (SSSR count). The Morgan fingerprint density at radius 3 is 3.15 bits per heavy atom. The van der Waals surface area contributed by atoms with Gasteiger partial charge in [-0.05, 0) is 35.8 Å². The molecule has 0 N–H and O–H groups in total. The Labute approximate surface area is 84.5 Å². The number of hydrogen-bond donors (Lipinski definition) is 1. The third kappa shape index (κ3) is 1.99. The van der Waals surface area contributed by atoms with E-state index in [-0.39, 0.29) is 0 Å². The minimum absolute atomic E-state index is 0.853. The van der Waals surface area contributed by atoms with Gasteiger partial charge >= 0.3 is 0 Å². The monoisotopic (exact) mass is 194 g/mol. The normalized spacial score (nSPS) is 13.9. The Morgan fingerprint density at radius 1 is 1.38 bits per heavy atom.